The highest BCUT2D eigenvalue weighted by Gasteiger charge is 2.14. The number of para-hydroxylation sites is 1. The van der Waals surface area contributed by atoms with E-state index in [0.717, 1.165) is 0 Å². The van der Waals surface area contributed by atoms with Crippen molar-refractivity contribution in [2.24, 2.45) is 0 Å². The van der Waals surface area contributed by atoms with Crippen molar-refractivity contribution in [3.8, 4) is 11.5 Å². The Kier molecular flexibility index (Phi) is 4.95. The highest BCUT2D eigenvalue weighted by molar-refractivity contribution is 6.10. The smallest absolute Gasteiger partial charge is 0.196 e. The Hall–Kier alpha value is -2.33. The SMILES string of the molecule is COc1ccccc1C(=O)c1ccc(OC(C)OC)cc1. The molecule has 4 heteroatoms. The first-order valence-electron chi connectivity index (χ1n) is 6.63. The maximum atomic E-state index is 12.5. The van der Waals surface area contributed by atoms with Crippen LogP contribution in [0.3, 0.4) is 0 Å². The van der Waals surface area contributed by atoms with Gasteiger partial charge in [-0.3, -0.25) is 4.79 Å². The van der Waals surface area contributed by atoms with Crippen LogP contribution in [0.2, 0.25) is 0 Å². The average molecular weight is 286 g/mol. The molecular formula is C17H18O4. The Bertz CT molecular complexity index is 604. The molecule has 0 saturated heterocycles. The summed E-state index contributed by atoms with van der Waals surface area (Å²) in [4.78, 5) is 12.5. The van der Waals surface area contributed by atoms with Crippen LogP contribution in [0.25, 0.3) is 0 Å². The largest absolute Gasteiger partial charge is 0.496 e. The van der Waals surface area contributed by atoms with Crippen molar-refractivity contribution in [3.05, 3.63) is 59.7 Å². The Morgan fingerprint density at radius 3 is 2.29 bits per heavy atom. The molecule has 0 aliphatic carbocycles. The van der Waals surface area contributed by atoms with Gasteiger partial charge in [0.2, 0.25) is 0 Å². The highest BCUT2D eigenvalue weighted by Crippen LogP contribution is 2.22. The first kappa shape index (κ1) is 15.1. The Morgan fingerprint density at radius 1 is 1.00 bits per heavy atom. The van der Waals surface area contributed by atoms with E-state index in [1.165, 1.54) is 0 Å². The highest BCUT2D eigenvalue weighted by atomic mass is 16.7. The fourth-order valence-electron chi connectivity index (χ4n) is 1.91. The lowest BCUT2D eigenvalue weighted by molar-refractivity contribution is -0.0382. The number of carbonyl (C=O) groups excluding carboxylic acids is 1. The summed E-state index contributed by atoms with van der Waals surface area (Å²) in [5, 5.41) is 0. The number of methoxy groups -OCH3 is 2. The number of rotatable bonds is 6. The predicted molar refractivity (Wildman–Crippen MR) is 80.0 cm³/mol. The van der Waals surface area contributed by atoms with E-state index in [-0.39, 0.29) is 12.1 Å². The van der Waals surface area contributed by atoms with Gasteiger partial charge in [-0.2, -0.15) is 0 Å². The summed E-state index contributed by atoms with van der Waals surface area (Å²) in [5.74, 6) is 1.13. The van der Waals surface area contributed by atoms with Gasteiger partial charge in [0.15, 0.2) is 12.1 Å². The van der Waals surface area contributed by atoms with Gasteiger partial charge >= 0.3 is 0 Å². The molecule has 0 N–H and O–H groups in total. The van der Waals surface area contributed by atoms with Gasteiger partial charge in [0.25, 0.3) is 0 Å². The van der Waals surface area contributed by atoms with Crippen LogP contribution < -0.4 is 9.47 Å². The van der Waals surface area contributed by atoms with Crippen molar-refractivity contribution >= 4 is 5.78 Å². The molecule has 0 heterocycles. The second-order valence-corrected chi connectivity index (χ2v) is 4.47. The summed E-state index contributed by atoms with van der Waals surface area (Å²) in [6, 6.07) is 14.1. The second-order valence-electron chi connectivity index (χ2n) is 4.47. The molecule has 1 unspecified atom stereocenters. The fraction of sp³-hybridized carbons (Fsp3) is 0.235. The van der Waals surface area contributed by atoms with Crippen molar-refractivity contribution in [1.29, 1.82) is 0 Å². The number of ketones is 1. The lowest BCUT2D eigenvalue weighted by Gasteiger charge is -2.13. The minimum atomic E-state index is -0.333. The van der Waals surface area contributed by atoms with E-state index < -0.39 is 0 Å². The van der Waals surface area contributed by atoms with E-state index in [2.05, 4.69) is 0 Å². The number of hydrogen-bond acceptors (Lipinski definition) is 4. The van der Waals surface area contributed by atoms with Gasteiger partial charge in [0.1, 0.15) is 11.5 Å². The summed E-state index contributed by atoms with van der Waals surface area (Å²) < 4.78 is 15.7. The van der Waals surface area contributed by atoms with Crippen molar-refractivity contribution in [2.75, 3.05) is 14.2 Å². The average Bonchev–Trinajstić information content (AvgIpc) is 2.54. The van der Waals surface area contributed by atoms with E-state index in [1.54, 1.807) is 57.5 Å². The minimum Gasteiger partial charge on any atom is -0.496 e. The zero-order valence-corrected chi connectivity index (χ0v) is 12.3. The van der Waals surface area contributed by atoms with Gasteiger partial charge in [-0.05, 0) is 43.3 Å². The molecule has 0 radical (unpaired) electrons. The number of benzene rings is 2. The Labute approximate surface area is 124 Å². The number of hydrogen-bond donors (Lipinski definition) is 0. The minimum absolute atomic E-state index is 0.0845. The normalized spacial score (nSPS) is 11.8. The quantitative estimate of drug-likeness (QED) is 0.604. The molecule has 1 atom stereocenters. The molecule has 0 fully saturated rings. The summed E-state index contributed by atoms with van der Waals surface area (Å²) in [7, 11) is 3.12. The van der Waals surface area contributed by atoms with E-state index in [9.17, 15) is 4.79 Å². The molecule has 21 heavy (non-hydrogen) atoms. The van der Waals surface area contributed by atoms with Crippen LogP contribution in [0.1, 0.15) is 22.8 Å². The first-order chi connectivity index (χ1) is 10.2. The van der Waals surface area contributed by atoms with Gasteiger partial charge in [0.05, 0.1) is 12.7 Å². The van der Waals surface area contributed by atoms with E-state index in [0.29, 0.717) is 22.6 Å². The van der Waals surface area contributed by atoms with E-state index >= 15 is 0 Å². The Balaban J connectivity index is 2.20. The van der Waals surface area contributed by atoms with Gasteiger partial charge in [-0.25, -0.2) is 0 Å². The summed E-state index contributed by atoms with van der Waals surface area (Å²) in [6.07, 6.45) is -0.333. The molecule has 2 aromatic rings. The third kappa shape index (κ3) is 3.61. The lowest BCUT2D eigenvalue weighted by Crippen LogP contribution is -2.13. The summed E-state index contributed by atoms with van der Waals surface area (Å²) in [6.45, 7) is 1.80. The molecule has 4 nitrogen and oxygen atoms in total. The number of ether oxygens (including phenoxy) is 3. The van der Waals surface area contributed by atoms with Crippen molar-refractivity contribution in [1.82, 2.24) is 0 Å². The van der Waals surface area contributed by atoms with Gasteiger partial charge < -0.3 is 14.2 Å². The van der Waals surface area contributed by atoms with Gasteiger partial charge in [-0.15, -0.1) is 0 Å². The molecule has 0 bridgehead atoms. The zero-order chi connectivity index (χ0) is 15.2. The van der Waals surface area contributed by atoms with Gasteiger partial charge in [-0.1, -0.05) is 12.1 Å². The molecular weight excluding hydrogens is 268 g/mol. The van der Waals surface area contributed by atoms with Crippen LogP contribution in [0.5, 0.6) is 11.5 Å². The molecule has 0 aliphatic rings. The zero-order valence-electron chi connectivity index (χ0n) is 12.3. The van der Waals surface area contributed by atoms with Crippen LogP contribution in [0.4, 0.5) is 0 Å². The summed E-state index contributed by atoms with van der Waals surface area (Å²) >= 11 is 0. The maximum absolute atomic E-state index is 12.5. The van der Waals surface area contributed by atoms with Crippen LogP contribution in [-0.4, -0.2) is 26.3 Å². The van der Waals surface area contributed by atoms with Crippen molar-refractivity contribution < 1.29 is 19.0 Å². The van der Waals surface area contributed by atoms with E-state index in [1.807, 2.05) is 12.1 Å². The van der Waals surface area contributed by atoms with Crippen molar-refractivity contribution in [3.63, 3.8) is 0 Å². The van der Waals surface area contributed by atoms with E-state index in [4.69, 9.17) is 14.2 Å². The molecule has 2 aromatic carbocycles. The lowest BCUT2D eigenvalue weighted by atomic mass is 10.0. The fourth-order valence-corrected chi connectivity index (χ4v) is 1.91. The van der Waals surface area contributed by atoms with Crippen molar-refractivity contribution in [2.45, 2.75) is 13.2 Å². The standard InChI is InChI=1S/C17H18O4/c1-12(19-2)21-14-10-8-13(9-11-14)17(18)15-6-4-5-7-16(15)20-3/h4-12H,1-3H3. The first-order valence-corrected chi connectivity index (χ1v) is 6.63. The molecule has 0 amide bonds. The third-order valence-corrected chi connectivity index (χ3v) is 3.10. The second kappa shape index (κ2) is 6.90. The molecule has 0 aromatic heterocycles. The molecule has 0 aliphatic heterocycles. The molecule has 0 saturated carbocycles. The molecule has 0 spiro atoms. The van der Waals surface area contributed by atoms with Gasteiger partial charge in [0, 0.05) is 12.7 Å². The Morgan fingerprint density at radius 2 is 1.67 bits per heavy atom. The number of carbonyl (C=O) groups is 1. The van der Waals surface area contributed by atoms with Crippen LogP contribution in [-0.2, 0) is 4.74 Å². The molecule has 2 rings (SSSR count). The summed E-state index contributed by atoms with van der Waals surface area (Å²) in [5.41, 5.74) is 1.12. The predicted octanol–water partition coefficient (Wildman–Crippen LogP) is 3.30. The van der Waals surface area contributed by atoms with Crippen LogP contribution in [0.15, 0.2) is 48.5 Å². The topological polar surface area (TPSA) is 44.8 Å². The molecule has 110 valence electrons. The maximum Gasteiger partial charge on any atom is 0.196 e. The third-order valence-electron chi connectivity index (χ3n) is 3.10. The monoisotopic (exact) mass is 286 g/mol. The van der Waals surface area contributed by atoms with Crippen LogP contribution in [0, 0.1) is 0 Å². The van der Waals surface area contributed by atoms with Crippen LogP contribution >= 0.6 is 0 Å².